The molecule has 1 saturated heterocycles. The standard InChI is InChI=1S/C12H14F3NO.ClH/c13-12(14,15)17-11-7-2-1-5-9(11)10-6-3-4-8-16-10;/h1-2,5,7,10,16H,3-4,6,8H2;1H/t10-;/m1./s1. The molecule has 0 aliphatic carbocycles. The number of para-hydroxylation sites is 1. The van der Waals surface area contributed by atoms with Crippen LogP contribution in [0.1, 0.15) is 30.9 Å². The highest BCUT2D eigenvalue weighted by Crippen LogP contribution is 2.33. The monoisotopic (exact) mass is 281 g/mol. The molecule has 18 heavy (non-hydrogen) atoms. The van der Waals surface area contributed by atoms with E-state index >= 15 is 0 Å². The maximum atomic E-state index is 12.2. The van der Waals surface area contributed by atoms with Gasteiger partial charge in [-0.25, -0.2) is 0 Å². The molecule has 2 nitrogen and oxygen atoms in total. The van der Waals surface area contributed by atoms with Crippen molar-refractivity contribution in [3.05, 3.63) is 29.8 Å². The van der Waals surface area contributed by atoms with Crippen molar-refractivity contribution in [2.75, 3.05) is 6.54 Å². The van der Waals surface area contributed by atoms with E-state index in [2.05, 4.69) is 10.1 Å². The zero-order valence-corrected chi connectivity index (χ0v) is 10.5. The molecule has 1 atom stereocenters. The third-order valence-electron chi connectivity index (χ3n) is 2.83. The SMILES string of the molecule is Cl.FC(F)(F)Oc1ccccc1[C@H]1CCCCN1. The number of hydrogen-bond donors (Lipinski definition) is 1. The number of piperidine rings is 1. The Labute approximate surface area is 110 Å². The van der Waals surface area contributed by atoms with Gasteiger partial charge in [-0.3, -0.25) is 0 Å². The van der Waals surface area contributed by atoms with E-state index in [0.29, 0.717) is 5.56 Å². The summed E-state index contributed by atoms with van der Waals surface area (Å²) in [5.41, 5.74) is 0.588. The van der Waals surface area contributed by atoms with Crippen molar-refractivity contribution in [1.29, 1.82) is 0 Å². The third kappa shape index (κ3) is 4.07. The summed E-state index contributed by atoms with van der Waals surface area (Å²) in [4.78, 5) is 0. The third-order valence-corrected chi connectivity index (χ3v) is 2.83. The van der Waals surface area contributed by atoms with Crippen LogP contribution in [-0.2, 0) is 0 Å². The van der Waals surface area contributed by atoms with Crippen LogP contribution < -0.4 is 10.1 Å². The van der Waals surface area contributed by atoms with E-state index in [1.54, 1.807) is 18.2 Å². The highest BCUT2D eigenvalue weighted by Gasteiger charge is 2.33. The summed E-state index contributed by atoms with van der Waals surface area (Å²) in [7, 11) is 0. The van der Waals surface area contributed by atoms with Gasteiger partial charge < -0.3 is 10.1 Å². The van der Waals surface area contributed by atoms with E-state index in [9.17, 15) is 13.2 Å². The van der Waals surface area contributed by atoms with Gasteiger partial charge in [-0.2, -0.15) is 0 Å². The topological polar surface area (TPSA) is 21.3 Å². The van der Waals surface area contributed by atoms with Crippen LogP contribution >= 0.6 is 12.4 Å². The molecule has 1 N–H and O–H groups in total. The second-order valence-electron chi connectivity index (χ2n) is 4.09. The van der Waals surface area contributed by atoms with Gasteiger partial charge in [-0.1, -0.05) is 24.6 Å². The number of ether oxygens (including phenoxy) is 1. The summed E-state index contributed by atoms with van der Waals surface area (Å²) in [6.45, 7) is 0.838. The molecular weight excluding hydrogens is 267 g/mol. The van der Waals surface area contributed by atoms with Crippen molar-refractivity contribution in [1.82, 2.24) is 5.32 Å². The second kappa shape index (κ2) is 6.29. The zero-order valence-electron chi connectivity index (χ0n) is 9.67. The Morgan fingerprint density at radius 3 is 2.50 bits per heavy atom. The number of nitrogens with one attached hydrogen (secondary N) is 1. The first kappa shape index (κ1) is 15.1. The maximum absolute atomic E-state index is 12.2. The van der Waals surface area contributed by atoms with Crippen molar-refractivity contribution in [3.63, 3.8) is 0 Å². The van der Waals surface area contributed by atoms with Gasteiger partial charge in [-0.15, -0.1) is 25.6 Å². The minimum absolute atomic E-state index is 0. The summed E-state index contributed by atoms with van der Waals surface area (Å²) in [6, 6.07) is 6.29. The van der Waals surface area contributed by atoms with E-state index in [-0.39, 0.29) is 24.2 Å². The predicted octanol–water partition coefficient (Wildman–Crippen LogP) is 3.82. The molecule has 6 heteroatoms. The lowest BCUT2D eigenvalue weighted by Gasteiger charge is -2.25. The summed E-state index contributed by atoms with van der Waals surface area (Å²) < 4.78 is 40.8. The first-order valence-electron chi connectivity index (χ1n) is 5.64. The van der Waals surface area contributed by atoms with Gasteiger partial charge in [0.15, 0.2) is 0 Å². The van der Waals surface area contributed by atoms with E-state index in [0.717, 1.165) is 25.8 Å². The maximum Gasteiger partial charge on any atom is 0.573 e. The highest BCUT2D eigenvalue weighted by atomic mass is 35.5. The van der Waals surface area contributed by atoms with Crippen molar-refractivity contribution in [2.24, 2.45) is 0 Å². The van der Waals surface area contributed by atoms with Gasteiger partial charge in [-0.05, 0) is 25.5 Å². The fourth-order valence-electron chi connectivity index (χ4n) is 2.10. The molecule has 0 unspecified atom stereocenters. The molecule has 2 rings (SSSR count). The van der Waals surface area contributed by atoms with Crippen LogP contribution in [0.4, 0.5) is 13.2 Å². The van der Waals surface area contributed by atoms with Crippen LogP contribution in [0.2, 0.25) is 0 Å². The van der Waals surface area contributed by atoms with E-state index in [1.807, 2.05) is 0 Å². The normalized spacial score (nSPS) is 20.1. The van der Waals surface area contributed by atoms with Gasteiger partial charge in [0.25, 0.3) is 0 Å². The first-order chi connectivity index (χ1) is 8.06. The average Bonchev–Trinajstić information content (AvgIpc) is 2.29. The smallest absolute Gasteiger partial charge is 0.405 e. The molecule has 1 aromatic carbocycles. The Bertz CT molecular complexity index is 378. The Hall–Kier alpha value is -0.940. The van der Waals surface area contributed by atoms with Crippen molar-refractivity contribution in [3.8, 4) is 5.75 Å². The van der Waals surface area contributed by atoms with Gasteiger partial charge in [0.05, 0.1) is 0 Å². The van der Waals surface area contributed by atoms with E-state index in [4.69, 9.17) is 0 Å². The summed E-state index contributed by atoms with van der Waals surface area (Å²) >= 11 is 0. The van der Waals surface area contributed by atoms with Crippen molar-refractivity contribution < 1.29 is 17.9 Å². The Morgan fingerprint density at radius 1 is 1.17 bits per heavy atom. The second-order valence-corrected chi connectivity index (χ2v) is 4.09. The van der Waals surface area contributed by atoms with Crippen molar-refractivity contribution in [2.45, 2.75) is 31.7 Å². The fraction of sp³-hybridized carbons (Fsp3) is 0.500. The molecule has 1 heterocycles. The van der Waals surface area contributed by atoms with Crippen LogP contribution in [0.15, 0.2) is 24.3 Å². The summed E-state index contributed by atoms with van der Waals surface area (Å²) in [5, 5.41) is 3.21. The molecule has 1 aliphatic rings. The zero-order chi connectivity index (χ0) is 12.3. The van der Waals surface area contributed by atoms with Crippen LogP contribution in [-0.4, -0.2) is 12.9 Å². The molecular formula is C12H15ClF3NO. The number of benzene rings is 1. The minimum atomic E-state index is -4.63. The number of halogens is 4. The number of alkyl halides is 3. The van der Waals surface area contributed by atoms with Crippen LogP contribution in [0, 0.1) is 0 Å². The fourth-order valence-corrected chi connectivity index (χ4v) is 2.10. The van der Waals surface area contributed by atoms with E-state index < -0.39 is 6.36 Å². The average molecular weight is 282 g/mol. The minimum Gasteiger partial charge on any atom is -0.405 e. The quantitative estimate of drug-likeness (QED) is 0.890. The first-order valence-corrected chi connectivity index (χ1v) is 5.64. The molecule has 0 radical (unpaired) electrons. The van der Waals surface area contributed by atoms with Crippen LogP contribution in [0.5, 0.6) is 5.75 Å². The van der Waals surface area contributed by atoms with Gasteiger partial charge in [0, 0.05) is 11.6 Å². The molecule has 0 saturated carbocycles. The Morgan fingerprint density at radius 2 is 1.89 bits per heavy atom. The predicted molar refractivity (Wildman–Crippen MR) is 65.0 cm³/mol. The molecule has 0 bridgehead atoms. The number of rotatable bonds is 2. The summed E-state index contributed by atoms with van der Waals surface area (Å²) in [6.07, 6.45) is -1.69. The molecule has 1 fully saturated rings. The molecule has 0 amide bonds. The Kier molecular flexibility index (Phi) is 5.28. The summed E-state index contributed by atoms with van der Waals surface area (Å²) in [5.74, 6) is -0.0978. The highest BCUT2D eigenvalue weighted by molar-refractivity contribution is 5.85. The van der Waals surface area contributed by atoms with E-state index in [1.165, 1.54) is 6.07 Å². The van der Waals surface area contributed by atoms with Crippen LogP contribution in [0.3, 0.4) is 0 Å². The number of hydrogen-bond acceptors (Lipinski definition) is 2. The largest absolute Gasteiger partial charge is 0.573 e. The molecule has 1 aliphatic heterocycles. The lowest BCUT2D eigenvalue weighted by molar-refractivity contribution is -0.275. The van der Waals surface area contributed by atoms with Gasteiger partial charge >= 0.3 is 6.36 Å². The Balaban J connectivity index is 0.00000162. The molecule has 0 spiro atoms. The van der Waals surface area contributed by atoms with Crippen LogP contribution in [0.25, 0.3) is 0 Å². The van der Waals surface area contributed by atoms with Gasteiger partial charge in [0.2, 0.25) is 0 Å². The lowest BCUT2D eigenvalue weighted by Crippen LogP contribution is -2.28. The molecule has 1 aromatic rings. The molecule has 102 valence electrons. The van der Waals surface area contributed by atoms with Crippen molar-refractivity contribution >= 4 is 12.4 Å². The lowest BCUT2D eigenvalue weighted by atomic mass is 9.97. The molecule has 0 aromatic heterocycles. The van der Waals surface area contributed by atoms with Gasteiger partial charge in [0.1, 0.15) is 5.75 Å².